The lowest BCUT2D eigenvalue weighted by molar-refractivity contribution is -0.384. The Morgan fingerprint density at radius 3 is 2.90 bits per heavy atom. The molecule has 0 saturated heterocycles. The van der Waals surface area contributed by atoms with Crippen molar-refractivity contribution in [2.24, 2.45) is 5.73 Å². The van der Waals surface area contributed by atoms with Crippen molar-refractivity contribution in [3.63, 3.8) is 0 Å². The molecule has 7 heteroatoms. The van der Waals surface area contributed by atoms with Crippen molar-refractivity contribution in [3.8, 4) is 0 Å². The Morgan fingerprint density at radius 2 is 2.25 bits per heavy atom. The number of hydrogen-bond donors (Lipinski definition) is 1. The van der Waals surface area contributed by atoms with E-state index in [2.05, 4.69) is 10.1 Å². The minimum Gasteiger partial charge on any atom is -0.339 e. The molecule has 1 saturated carbocycles. The third-order valence-corrected chi connectivity index (χ3v) is 3.64. The van der Waals surface area contributed by atoms with E-state index in [1.165, 1.54) is 12.1 Å². The Labute approximate surface area is 114 Å². The summed E-state index contributed by atoms with van der Waals surface area (Å²) in [5.41, 5.74) is 6.48. The number of nitro benzene ring substituents is 1. The summed E-state index contributed by atoms with van der Waals surface area (Å²) in [4.78, 5) is 14.6. The first-order valence-electron chi connectivity index (χ1n) is 6.42. The number of non-ortho nitro benzene ring substituents is 1. The highest BCUT2D eigenvalue weighted by Crippen LogP contribution is 2.36. The largest absolute Gasteiger partial charge is 0.339 e. The minimum absolute atomic E-state index is 0.0523. The normalized spacial score (nSPS) is 16.6. The molecule has 1 fully saturated rings. The Balaban J connectivity index is 1.78. The molecule has 20 heavy (non-hydrogen) atoms. The molecule has 1 aromatic carbocycles. The van der Waals surface area contributed by atoms with Crippen LogP contribution in [0.3, 0.4) is 0 Å². The molecule has 0 aliphatic heterocycles. The van der Waals surface area contributed by atoms with Crippen LogP contribution in [0.15, 0.2) is 28.8 Å². The van der Waals surface area contributed by atoms with E-state index in [1.54, 1.807) is 12.1 Å². The molecule has 0 spiro atoms. The van der Waals surface area contributed by atoms with Gasteiger partial charge in [-0.1, -0.05) is 17.3 Å². The van der Waals surface area contributed by atoms with Gasteiger partial charge in [0, 0.05) is 12.1 Å². The van der Waals surface area contributed by atoms with E-state index in [4.69, 9.17) is 10.3 Å². The Hall–Kier alpha value is -2.28. The van der Waals surface area contributed by atoms with Crippen molar-refractivity contribution in [1.29, 1.82) is 0 Å². The number of hydrogen-bond acceptors (Lipinski definition) is 6. The zero-order valence-corrected chi connectivity index (χ0v) is 10.8. The number of nitrogens with zero attached hydrogens (tertiary/aromatic N) is 3. The number of benzene rings is 1. The molecule has 0 radical (unpaired) electrons. The van der Waals surface area contributed by atoms with E-state index < -0.39 is 10.5 Å². The fourth-order valence-corrected chi connectivity index (χ4v) is 2.26. The van der Waals surface area contributed by atoms with Crippen molar-refractivity contribution in [2.75, 3.05) is 0 Å². The average Bonchev–Trinajstić information content (AvgIpc) is 2.85. The summed E-state index contributed by atoms with van der Waals surface area (Å²) in [5, 5.41) is 14.6. The van der Waals surface area contributed by atoms with Crippen LogP contribution in [-0.2, 0) is 12.0 Å². The fourth-order valence-electron chi connectivity index (χ4n) is 2.26. The molecule has 1 heterocycles. The molecule has 3 rings (SSSR count). The average molecular weight is 274 g/mol. The van der Waals surface area contributed by atoms with E-state index >= 15 is 0 Å². The monoisotopic (exact) mass is 274 g/mol. The van der Waals surface area contributed by atoms with Crippen molar-refractivity contribution < 1.29 is 9.45 Å². The van der Waals surface area contributed by atoms with Crippen LogP contribution >= 0.6 is 0 Å². The molecule has 104 valence electrons. The van der Waals surface area contributed by atoms with Gasteiger partial charge in [0.15, 0.2) is 5.82 Å². The fraction of sp³-hybridized carbons (Fsp3) is 0.385. The summed E-state index contributed by atoms with van der Waals surface area (Å²) in [5.74, 6) is 0.960. The van der Waals surface area contributed by atoms with Crippen LogP contribution in [0.4, 0.5) is 5.69 Å². The number of rotatable bonds is 4. The molecular weight excluding hydrogens is 260 g/mol. The first kappa shape index (κ1) is 12.7. The molecule has 0 atom stereocenters. The quantitative estimate of drug-likeness (QED) is 0.673. The van der Waals surface area contributed by atoms with E-state index in [1.807, 2.05) is 0 Å². The third-order valence-electron chi connectivity index (χ3n) is 3.64. The van der Waals surface area contributed by atoms with Crippen molar-refractivity contribution in [3.05, 3.63) is 51.7 Å². The van der Waals surface area contributed by atoms with Gasteiger partial charge in [-0.25, -0.2) is 0 Å². The number of nitrogens with two attached hydrogens (primary N) is 1. The van der Waals surface area contributed by atoms with Gasteiger partial charge in [0.05, 0.1) is 16.9 Å². The van der Waals surface area contributed by atoms with Gasteiger partial charge in [0.1, 0.15) is 0 Å². The Kier molecular flexibility index (Phi) is 2.98. The molecular formula is C13H14N4O3. The van der Waals surface area contributed by atoms with Crippen LogP contribution in [0, 0.1) is 10.1 Å². The maximum absolute atomic E-state index is 10.7. The van der Waals surface area contributed by atoms with Gasteiger partial charge in [0.25, 0.3) is 5.69 Å². The minimum atomic E-state index is -0.454. The first-order chi connectivity index (χ1) is 9.57. The lowest BCUT2D eigenvalue weighted by Gasteiger charge is -2.34. The van der Waals surface area contributed by atoms with Crippen molar-refractivity contribution in [1.82, 2.24) is 10.1 Å². The Bertz CT molecular complexity index is 649. The molecule has 2 N–H and O–H groups in total. The van der Waals surface area contributed by atoms with E-state index in [0.29, 0.717) is 18.1 Å². The van der Waals surface area contributed by atoms with Gasteiger partial charge in [-0.2, -0.15) is 4.98 Å². The third kappa shape index (κ3) is 2.27. The number of aromatic nitrogens is 2. The highest BCUT2D eigenvalue weighted by molar-refractivity contribution is 5.35. The maximum atomic E-state index is 10.7. The summed E-state index contributed by atoms with van der Waals surface area (Å²) in [7, 11) is 0. The standard InChI is InChI=1S/C13H14N4O3/c14-13(5-2-6-13)12-15-11(20-16-12)8-9-3-1-4-10(7-9)17(18)19/h1,3-4,7H,2,5-6,8,14H2. The van der Waals surface area contributed by atoms with E-state index in [-0.39, 0.29) is 5.69 Å². The lowest BCUT2D eigenvalue weighted by atomic mass is 9.77. The van der Waals surface area contributed by atoms with Gasteiger partial charge in [0.2, 0.25) is 5.89 Å². The van der Waals surface area contributed by atoms with Crippen LogP contribution in [0.1, 0.15) is 36.5 Å². The van der Waals surface area contributed by atoms with Gasteiger partial charge < -0.3 is 10.3 Å². The van der Waals surface area contributed by atoms with Crippen LogP contribution in [-0.4, -0.2) is 15.1 Å². The molecule has 0 amide bonds. The molecule has 1 aromatic heterocycles. The van der Waals surface area contributed by atoms with Gasteiger partial charge >= 0.3 is 0 Å². The van der Waals surface area contributed by atoms with Crippen molar-refractivity contribution in [2.45, 2.75) is 31.2 Å². The van der Waals surface area contributed by atoms with Gasteiger partial charge in [-0.15, -0.1) is 0 Å². The van der Waals surface area contributed by atoms with Crippen LogP contribution in [0.25, 0.3) is 0 Å². The number of nitro groups is 1. The zero-order chi connectivity index (χ0) is 14.2. The SMILES string of the molecule is NC1(c2noc(Cc3cccc([N+](=O)[O-])c3)n2)CCC1. The molecule has 1 aliphatic carbocycles. The van der Waals surface area contributed by atoms with Crippen LogP contribution in [0.5, 0.6) is 0 Å². The topological polar surface area (TPSA) is 108 Å². The van der Waals surface area contributed by atoms with E-state index in [0.717, 1.165) is 24.8 Å². The van der Waals surface area contributed by atoms with E-state index in [9.17, 15) is 10.1 Å². The molecule has 0 bridgehead atoms. The van der Waals surface area contributed by atoms with Crippen molar-refractivity contribution >= 4 is 5.69 Å². The lowest BCUT2D eigenvalue weighted by Crippen LogP contribution is -2.44. The predicted octanol–water partition coefficient (Wildman–Crippen LogP) is 1.91. The van der Waals surface area contributed by atoms with Gasteiger partial charge in [-0.05, 0) is 24.8 Å². The maximum Gasteiger partial charge on any atom is 0.269 e. The zero-order valence-electron chi connectivity index (χ0n) is 10.8. The molecule has 7 nitrogen and oxygen atoms in total. The van der Waals surface area contributed by atoms with Crippen LogP contribution in [0.2, 0.25) is 0 Å². The summed E-state index contributed by atoms with van der Waals surface area (Å²) in [6.45, 7) is 0. The van der Waals surface area contributed by atoms with Crippen LogP contribution < -0.4 is 5.73 Å². The second-order valence-corrected chi connectivity index (χ2v) is 5.13. The smallest absolute Gasteiger partial charge is 0.269 e. The second-order valence-electron chi connectivity index (χ2n) is 5.13. The summed E-state index contributed by atoms with van der Waals surface area (Å²) >= 11 is 0. The molecule has 1 aliphatic rings. The second kappa shape index (κ2) is 4.68. The highest BCUT2D eigenvalue weighted by Gasteiger charge is 2.38. The first-order valence-corrected chi connectivity index (χ1v) is 6.42. The Morgan fingerprint density at radius 1 is 1.45 bits per heavy atom. The molecule has 2 aromatic rings. The predicted molar refractivity (Wildman–Crippen MR) is 69.9 cm³/mol. The summed E-state index contributed by atoms with van der Waals surface area (Å²) < 4.78 is 5.18. The molecule has 0 unspecified atom stereocenters. The van der Waals surface area contributed by atoms with Gasteiger partial charge in [-0.3, -0.25) is 10.1 Å². The summed E-state index contributed by atoms with van der Waals surface area (Å²) in [6.07, 6.45) is 3.17. The summed E-state index contributed by atoms with van der Waals surface area (Å²) in [6, 6.07) is 6.39. The highest BCUT2D eigenvalue weighted by atomic mass is 16.6.